The fourth-order valence-corrected chi connectivity index (χ4v) is 4.54. The molecule has 4 aromatic carbocycles. The highest BCUT2D eigenvalue weighted by molar-refractivity contribution is 6.22. The molecule has 0 bridgehead atoms. The summed E-state index contributed by atoms with van der Waals surface area (Å²) >= 11 is 0. The zero-order chi connectivity index (χ0) is 22.5. The Labute approximate surface area is 188 Å². The molecule has 0 atom stereocenters. The molecule has 33 heavy (non-hydrogen) atoms. The second-order valence-corrected chi connectivity index (χ2v) is 8.09. The van der Waals surface area contributed by atoms with Gasteiger partial charge in [-0.15, -0.1) is 0 Å². The van der Waals surface area contributed by atoms with E-state index in [0.717, 1.165) is 27.3 Å². The lowest BCUT2D eigenvalue weighted by Crippen LogP contribution is -2.02. The van der Waals surface area contributed by atoms with Crippen molar-refractivity contribution in [3.8, 4) is 11.1 Å². The Hall–Kier alpha value is -4.44. The highest BCUT2D eigenvalue weighted by Crippen LogP contribution is 2.42. The lowest BCUT2D eigenvalue weighted by atomic mass is 9.93. The molecule has 0 radical (unpaired) electrons. The normalized spacial score (nSPS) is 11.4. The van der Waals surface area contributed by atoms with Gasteiger partial charge >= 0.3 is 5.63 Å². The number of carbonyl (C=O) groups excluding carboxylic acids is 1. The van der Waals surface area contributed by atoms with Crippen molar-refractivity contribution in [1.29, 1.82) is 0 Å². The third-order valence-corrected chi connectivity index (χ3v) is 6.07. The molecule has 0 aliphatic carbocycles. The van der Waals surface area contributed by atoms with Gasteiger partial charge in [-0.1, -0.05) is 72.8 Å². The fraction of sp³-hybridized carbons (Fsp3) is 0.0345. The predicted molar refractivity (Wildman–Crippen MR) is 130 cm³/mol. The summed E-state index contributed by atoms with van der Waals surface area (Å²) in [5.74, 6) is 0.00194. The van der Waals surface area contributed by atoms with E-state index in [2.05, 4.69) is 0 Å². The largest absolute Gasteiger partial charge is 0.452 e. The monoisotopic (exact) mass is 430 g/mol. The van der Waals surface area contributed by atoms with Crippen LogP contribution in [-0.2, 0) is 0 Å². The van der Waals surface area contributed by atoms with Crippen molar-refractivity contribution in [3.05, 3.63) is 118 Å². The summed E-state index contributed by atoms with van der Waals surface area (Å²) in [7, 11) is 0. The number of benzene rings is 4. The van der Waals surface area contributed by atoms with Crippen molar-refractivity contribution >= 4 is 38.5 Å². The molecule has 4 nitrogen and oxygen atoms in total. The summed E-state index contributed by atoms with van der Waals surface area (Å²) in [6.07, 6.45) is 0. The zero-order valence-corrected chi connectivity index (χ0v) is 17.8. The third-order valence-electron chi connectivity index (χ3n) is 6.07. The van der Waals surface area contributed by atoms with Crippen LogP contribution in [0.3, 0.4) is 0 Å². The zero-order valence-electron chi connectivity index (χ0n) is 17.8. The minimum Gasteiger partial charge on any atom is -0.452 e. The quantitative estimate of drug-likeness (QED) is 0.226. The van der Waals surface area contributed by atoms with E-state index in [-0.39, 0.29) is 11.5 Å². The number of aryl methyl sites for hydroxylation is 1. The van der Waals surface area contributed by atoms with Crippen molar-refractivity contribution < 1.29 is 13.6 Å². The van der Waals surface area contributed by atoms with Gasteiger partial charge in [0.2, 0.25) is 5.78 Å². The maximum atomic E-state index is 13.6. The number of carbonyl (C=O) groups is 1. The predicted octanol–water partition coefficient (Wildman–Crippen LogP) is 6.90. The Balaban J connectivity index is 1.81. The van der Waals surface area contributed by atoms with Crippen LogP contribution in [0.5, 0.6) is 0 Å². The summed E-state index contributed by atoms with van der Waals surface area (Å²) < 4.78 is 11.9. The van der Waals surface area contributed by atoms with Crippen LogP contribution in [0.1, 0.15) is 21.7 Å². The van der Waals surface area contributed by atoms with E-state index < -0.39 is 5.63 Å². The van der Waals surface area contributed by atoms with Crippen LogP contribution in [-0.4, -0.2) is 5.78 Å². The summed E-state index contributed by atoms with van der Waals surface area (Å²) in [5.41, 5.74) is 3.31. The van der Waals surface area contributed by atoms with Crippen LogP contribution < -0.4 is 5.63 Å². The Bertz CT molecular complexity index is 1750. The second kappa shape index (κ2) is 7.31. The molecule has 0 saturated heterocycles. The SMILES string of the molecule is Cc1cc(=O)oc2c1ccc1oc(C(=O)c3ccccc3)c(-c3cccc4ccccc34)c12. The van der Waals surface area contributed by atoms with E-state index in [1.54, 1.807) is 12.1 Å². The van der Waals surface area contributed by atoms with E-state index in [1.807, 2.05) is 79.7 Å². The van der Waals surface area contributed by atoms with Crippen LogP contribution in [0.4, 0.5) is 0 Å². The molecule has 0 unspecified atom stereocenters. The molecule has 0 spiro atoms. The first-order valence-corrected chi connectivity index (χ1v) is 10.7. The molecule has 0 saturated carbocycles. The number of hydrogen-bond acceptors (Lipinski definition) is 4. The van der Waals surface area contributed by atoms with Gasteiger partial charge in [0.05, 0.1) is 5.39 Å². The summed E-state index contributed by atoms with van der Waals surface area (Å²) in [6.45, 7) is 1.87. The molecular weight excluding hydrogens is 412 g/mol. The van der Waals surface area contributed by atoms with Crippen LogP contribution in [0.15, 0.2) is 105 Å². The van der Waals surface area contributed by atoms with E-state index in [0.29, 0.717) is 27.7 Å². The number of hydrogen-bond donors (Lipinski definition) is 0. The van der Waals surface area contributed by atoms with Gasteiger partial charge in [0.25, 0.3) is 0 Å². The molecule has 6 rings (SSSR count). The lowest BCUT2D eigenvalue weighted by molar-refractivity contribution is 0.101. The van der Waals surface area contributed by atoms with E-state index >= 15 is 0 Å². The lowest BCUT2D eigenvalue weighted by Gasteiger charge is -2.09. The maximum Gasteiger partial charge on any atom is 0.336 e. The van der Waals surface area contributed by atoms with Gasteiger partial charge in [-0.25, -0.2) is 4.79 Å². The minimum absolute atomic E-state index is 0.224. The Morgan fingerprint density at radius 2 is 1.52 bits per heavy atom. The van der Waals surface area contributed by atoms with Gasteiger partial charge in [-0.05, 0) is 41.0 Å². The fourth-order valence-electron chi connectivity index (χ4n) is 4.54. The third kappa shape index (κ3) is 2.99. The summed E-state index contributed by atoms with van der Waals surface area (Å²) in [4.78, 5) is 25.9. The number of fused-ring (bicyclic) bond motifs is 4. The number of rotatable bonds is 3. The number of ketones is 1. The molecule has 6 aromatic rings. The van der Waals surface area contributed by atoms with Gasteiger partial charge in [0, 0.05) is 22.6 Å². The first-order chi connectivity index (χ1) is 16.1. The summed E-state index contributed by atoms with van der Waals surface area (Å²) in [6, 6.07) is 28.2. The molecule has 0 fully saturated rings. The second-order valence-electron chi connectivity index (χ2n) is 8.09. The average Bonchev–Trinajstić information content (AvgIpc) is 3.23. The van der Waals surface area contributed by atoms with Crippen molar-refractivity contribution in [1.82, 2.24) is 0 Å². The van der Waals surface area contributed by atoms with Crippen molar-refractivity contribution in [2.24, 2.45) is 0 Å². The highest BCUT2D eigenvalue weighted by atomic mass is 16.4. The molecule has 0 aliphatic rings. The maximum absolute atomic E-state index is 13.6. The molecule has 2 heterocycles. The molecule has 0 N–H and O–H groups in total. The van der Waals surface area contributed by atoms with Gasteiger partial charge in [-0.2, -0.15) is 0 Å². The van der Waals surface area contributed by atoms with Crippen LogP contribution in [0.25, 0.3) is 43.8 Å². The topological polar surface area (TPSA) is 60.4 Å². The Morgan fingerprint density at radius 3 is 2.36 bits per heavy atom. The van der Waals surface area contributed by atoms with Gasteiger partial charge in [-0.3, -0.25) is 4.79 Å². The molecular formula is C29H18O4. The van der Waals surface area contributed by atoms with Crippen LogP contribution in [0.2, 0.25) is 0 Å². The van der Waals surface area contributed by atoms with Crippen molar-refractivity contribution in [3.63, 3.8) is 0 Å². The van der Waals surface area contributed by atoms with Crippen molar-refractivity contribution in [2.75, 3.05) is 0 Å². The first kappa shape index (κ1) is 19.3. The van der Waals surface area contributed by atoms with Gasteiger partial charge < -0.3 is 8.83 Å². The Morgan fingerprint density at radius 1 is 0.758 bits per heavy atom. The minimum atomic E-state index is -0.437. The van der Waals surface area contributed by atoms with E-state index in [1.165, 1.54) is 6.07 Å². The standard InChI is InChI=1S/C29H18O4/c1-17-16-24(30)33-28-20(17)14-15-23-26(28)25(22-13-7-11-18-8-5-6-12-21(18)22)29(32-23)27(31)19-9-3-2-4-10-19/h2-16H,1H3. The number of furan rings is 1. The molecule has 2 aromatic heterocycles. The van der Waals surface area contributed by atoms with Crippen LogP contribution >= 0.6 is 0 Å². The van der Waals surface area contributed by atoms with Gasteiger partial charge in [0.1, 0.15) is 11.2 Å². The molecule has 0 aliphatic heterocycles. The average molecular weight is 430 g/mol. The van der Waals surface area contributed by atoms with Crippen molar-refractivity contribution in [2.45, 2.75) is 6.92 Å². The summed E-state index contributed by atoms with van der Waals surface area (Å²) in [5, 5.41) is 3.46. The first-order valence-electron chi connectivity index (χ1n) is 10.7. The molecule has 158 valence electrons. The highest BCUT2D eigenvalue weighted by Gasteiger charge is 2.26. The van der Waals surface area contributed by atoms with E-state index in [4.69, 9.17) is 8.83 Å². The van der Waals surface area contributed by atoms with Gasteiger partial charge in [0.15, 0.2) is 5.76 Å². The Kier molecular flexibility index (Phi) is 4.27. The molecule has 4 heteroatoms. The molecule has 0 amide bonds. The smallest absolute Gasteiger partial charge is 0.336 e. The van der Waals surface area contributed by atoms with Crippen LogP contribution in [0, 0.1) is 6.92 Å². The van der Waals surface area contributed by atoms with E-state index in [9.17, 15) is 9.59 Å².